The van der Waals surface area contributed by atoms with Gasteiger partial charge in [0.15, 0.2) is 5.67 Å². The number of hydrogen-bond acceptors (Lipinski definition) is 4. The van der Waals surface area contributed by atoms with Crippen molar-refractivity contribution in [2.75, 3.05) is 26.4 Å². The van der Waals surface area contributed by atoms with Gasteiger partial charge in [-0.3, -0.25) is 9.36 Å². The summed E-state index contributed by atoms with van der Waals surface area (Å²) < 4.78 is 25.8. The van der Waals surface area contributed by atoms with Crippen LogP contribution in [0.2, 0.25) is 5.02 Å². The zero-order valence-electron chi connectivity index (χ0n) is 11.6. The summed E-state index contributed by atoms with van der Waals surface area (Å²) in [6, 6.07) is 4.52. The maximum atomic E-state index is 14.8. The molecule has 118 valence electrons. The van der Waals surface area contributed by atoms with E-state index in [9.17, 15) is 14.0 Å². The monoisotopic (exact) mass is 328 g/mol. The third-order valence-electron chi connectivity index (χ3n) is 3.48. The molecule has 0 amide bonds. The van der Waals surface area contributed by atoms with E-state index in [4.69, 9.17) is 21.1 Å². The second kappa shape index (κ2) is 5.83. The van der Waals surface area contributed by atoms with Crippen molar-refractivity contribution in [3.8, 4) is 0 Å². The number of ether oxygens (including phenoxy) is 2. The second-order valence-electron chi connectivity index (χ2n) is 5.27. The van der Waals surface area contributed by atoms with Crippen LogP contribution in [0.15, 0.2) is 27.8 Å². The summed E-state index contributed by atoms with van der Waals surface area (Å²) in [6.45, 7) is -0.310. The van der Waals surface area contributed by atoms with Gasteiger partial charge in [-0.2, -0.15) is 0 Å². The van der Waals surface area contributed by atoms with Crippen LogP contribution < -0.4 is 11.2 Å². The fourth-order valence-electron chi connectivity index (χ4n) is 2.41. The average Bonchev–Trinajstić information content (AvgIpc) is 2.68. The summed E-state index contributed by atoms with van der Waals surface area (Å²) in [5.41, 5.74) is -2.87. The average molecular weight is 329 g/mol. The first-order valence-corrected chi connectivity index (χ1v) is 7.13. The van der Waals surface area contributed by atoms with Crippen LogP contribution in [-0.2, 0) is 16.0 Å². The van der Waals surface area contributed by atoms with Gasteiger partial charge < -0.3 is 14.5 Å². The number of nitrogens with one attached hydrogen (secondary N) is 1. The predicted octanol–water partition coefficient (Wildman–Crippen LogP) is 1.10. The number of alkyl halides is 1. The number of H-pyrrole nitrogens is 1. The van der Waals surface area contributed by atoms with Gasteiger partial charge in [-0.15, -0.1) is 0 Å². The largest absolute Gasteiger partial charge is 0.376 e. The zero-order chi connectivity index (χ0) is 15.7. The molecule has 0 spiro atoms. The van der Waals surface area contributed by atoms with E-state index < -0.39 is 23.5 Å². The molecule has 0 unspecified atom stereocenters. The molecule has 1 N–H and O–H groups in total. The first-order chi connectivity index (χ1) is 10.5. The van der Waals surface area contributed by atoms with Gasteiger partial charge in [0.25, 0.3) is 5.56 Å². The first kappa shape index (κ1) is 15.2. The van der Waals surface area contributed by atoms with Crippen LogP contribution in [0.1, 0.15) is 0 Å². The van der Waals surface area contributed by atoms with Crippen molar-refractivity contribution in [1.82, 2.24) is 9.55 Å². The van der Waals surface area contributed by atoms with E-state index in [0.717, 1.165) is 4.57 Å². The third-order valence-corrected chi connectivity index (χ3v) is 3.71. The Balaban J connectivity index is 2.05. The Hall–Kier alpha value is -1.70. The van der Waals surface area contributed by atoms with Crippen molar-refractivity contribution in [1.29, 1.82) is 0 Å². The quantitative estimate of drug-likeness (QED) is 0.896. The number of hydrogen-bond donors (Lipinski definition) is 1. The Bertz CT molecular complexity index is 809. The van der Waals surface area contributed by atoms with Crippen LogP contribution in [0.3, 0.4) is 0 Å². The van der Waals surface area contributed by atoms with Crippen LogP contribution in [0.4, 0.5) is 4.39 Å². The Labute approximate surface area is 129 Å². The highest BCUT2D eigenvalue weighted by Crippen LogP contribution is 2.18. The maximum Gasteiger partial charge on any atom is 0.328 e. The van der Waals surface area contributed by atoms with Crippen LogP contribution in [-0.4, -0.2) is 41.6 Å². The fourth-order valence-corrected chi connectivity index (χ4v) is 2.59. The predicted molar refractivity (Wildman–Crippen MR) is 79.3 cm³/mol. The highest BCUT2D eigenvalue weighted by atomic mass is 35.5. The summed E-state index contributed by atoms with van der Waals surface area (Å²) in [5, 5.41) is 0.663. The number of fused-ring (bicyclic) bond motifs is 1. The number of nitrogens with zero attached hydrogens (tertiary/aromatic N) is 1. The summed E-state index contributed by atoms with van der Waals surface area (Å²) in [4.78, 5) is 27.0. The van der Waals surface area contributed by atoms with E-state index >= 15 is 0 Å². The molecule has 1 saturated heterocycles. The molecule has 0 bridgehead atoms. The minimum atomic E-state index is -1.92. The minimum Gasteiger partial charge on any atom is -0.376 e. The SMILES string of the molecule is O=c1[nH]c2cc(Cl)ccc2c(=O)n1CC1(F)COCCOC1. The minimum absolute atomic E-state index is 0.225. The molecule has 3 rings (SSSR count). The second-order valence-corrected chi connectivity index (χ2v) is 5.70. The molecule has 8 heteroatoms. The lowest BCUT2D eigenvalue weighted by Crippen LogP contribution is -2.46. The topological polar surface area (TPSA) is 73.3 Å². The molecule has 22 heavy (non-hydrogen) atoms. The summed E-state index contributed by atoms with van der Waals surface area (Å²) >= 11 is 5.84. The number of rotatable bonds is 2. The van der Waals surface area contributed by atoms with Crippen molar-refractivity contribution in [2.45, 2.75) is 12.2 Å². The van der Waals surface area contributed by atoms with E-state index in [-0.39, 0.29) is 31.8 Å². The molecular formula is C14H14ClFN2O4. The van der Waals surface area contributed by atoms with Gasteiger partial charge in [-0.1, -0.05) is 11.6 Å². The van der Waals surface area contributed by atoms with E-state index in [0.29, 0.717) is 10.5 Å². The normalized spacial score (nSPS) is 18.3. The van der Waals surface area contributed by atoms with E-state index in [2.05, 4.69) is 4.98 Å². The van der Waals surface area contributed by atoms with Gasteiger partial charge in [-0.05, 0) is 18.2 Å². The van der Waals surface area contributed by atoms with Crippen molar-refractivity contribution >= 4 is 22.5 Å². The fraction of sp³-hybridized carbons (Fsp3) is 0.429. The van der Waals surface area contributed by atoms with Crippen molar-refractivity contribution in [2.24, 2.45) is 0 Å². The number of aromatic nitrogens is 2. The van der Waals surface area contributed by atoms with Gasteiger partial charge in [-0.25, -0.2) is 9.18 Å². The van der Waals surface area contributed by atoms with E-state index in [1.807, 2.05) is 0 Å². The molecule has 1 aliphatic heterocycles. The number of benzene rings is 1. The molecule has 2 aromatic rings. The Morgan fingerprint density at radius 3 is 2.64 bits per heavy atom. The Kier molecular flexibility index (Phi) is 4.03. The number of halogens is 2. The number of aromatic amines is 1. The lowest BCUT2D eigenvalue weighted by molar-refractivity contribution is 0.000296. The Morgan fingerprint density at radius 1 is 1.27 bits per heavy atom. The molecule has 0 saturated carbocycles. The summed E-state index contributed by atoms with van der Waals surface area (Å²) in [5.74, 6) is 0. The lowest BCUT2D eigenvalue weighted by Gasteiger charge is -2.22. The Morgan fingerprint density at radius 2 is 1.95 bits per heavy atom. The molecule has 1 aromatic carbocycles. The zero-order valence-corrected chi connectivity index (χ0v) is 12.4. The molecular weight excluding hydrogens is 315 g/mol. The molecule has 1 aromatic heterocycles. The third kappa shape index (κ3) is 2.92. The van der Waals surface area contributed by atoms with Crippen molar-refractivity contribution in [3.63, 3.8) is 0 Å². The molecule has 6 nitrogen and oxygen atoms in total. The van der Waals surface area contributed by atoms with Crippen LogP contribution in [0, 0.1) is 0 Å². The van der Waals surface area contributed by atoms with Gasteiger partial charge >= 0.3 is 5.69 Å². The van der Waals surface area contributed by atoms with Crippen molar-refractivity contribution in [3.05, 3.63) is 44.1 Å². The van der Waals surface area contributed by atoms with Gasteiger partial charge in [0, 0.05) is 5.02 Å². The highest BCUT2D eigenvalue weighted by molar-refractivity contribution is 6.31. The van der Waals surface area contributed by atoms with Crippen LogP contribution in [0.25, 0.3) is 10.9 Å². The van der Waals surface area contributed by atoms with E-state index in [1.165, 1.54) is 18.2 Å². The van der Waals surface area contributed by atoms with E-state index in [1.54, 1.807) is 0 Å². The molecule has 0 radical (unpaired) electrons. The van der Waals surface area contributed by atoms with Gasteiger partial charge in [0.2, 0.25) is 0 Å². The van der Waals surface area contributed by atoms with Crippen molar-refractivity contribution < 1.29 is 13.9 Å². The van der Waals surface area contributed by atoms with Gasteiger partial charge in [0.1, 0.15) is 0 Å². The molecule has 2 heterocycles. The molecule has 0 atom stereocenters. The maximum absolute atomic E-state index is 14.8. The summed E-state index contributed by atoms with van der Waals surface area (Å²) in [6.07, 6.45) is 0. The molecule has 1 aliphatic rings. The smallest absolute Gasteiger partial charge is 0.328 e. The standard InChI is InChI=1S/C14H14ClFN2O4/c15-9-1-2-10-11(5-9)17-13(20)18(12(10)19)6-14(16)7-21-3-4-22-8-14/h1-2,5H,3-4,6-8H2,(H,17,20). The highest BCUT2D eigenvalue weighted by Gasteiger charge is 2.34. The lowest BCUT2D eigenvalue weighted by atomic mass is 10.1. The van der Waals surface area contributed by atoms with Crippen LogP contribution in [0.5, 0.6) is 0 Å². The molecule has 1 fully saturated rings. The van der Waals surface area contributed by atoms with Crippen LogP contribution >= 0.6 is 11.6 Å². The molecule has 0 aliphatic carbocycles. The van der Waals surface area contributed by atoms with Gasteiger partial charge in [0.05, 0.1) is 43.9 Å². The first-order valence-electron chi connectivity index (χ1n) is 6.75. The summed E-state index contributed by atoms with van der Waals surface area (Å²) in [7, 11) is 0.